The molecule has 1 aliphatic rings. The van der Waals surface area contributed by atoms with Crippen molar-refractivity contribution in [3.8, 4) is 11.4 Å². The predicted molar refractivity (Wildman–Crippen MR) is 96.2 cm³/mol. The largest absolute Gasteiger partial charge is 0.370 e. The van der Waals surface area contributed by atoms with Gasteiger partial charge in [0, 0.05) is 36.1 Å². The van der Waals surface area contributed by atoms with Gasteiger partial charge in [0.15, 0.2) is 5.82 Å². The highest BCUT2D eigenvalue weighted by Crippen LogP contribution is 2.27. The minimum atomic E-state index is 0.599. The molecule has 3 aromatic heterocycles. The van der Waals surface area contributed by atoms with Gasteiger partial charge in [-0.25, -0.2) is 15.0 Å². The predicted octanol–water partition coefficient (Wildman–Crippen LogP) is 3.08. The average molecular weight is 343 g/mol. The number of fused-ring (bicyclic) bond motifs is 1. The van der Waals surface area contributed by atoms with Crippen LogP contribution in [0.3, 0.4) is 0 Å². The SMILES string of the molecule is Clc1cnc2[nH]cc(-c3nccc(NC[C@@H]4CCCNC4)n3)c2c1. The Hall–Kier alpha value is -2.18. The van der Waals surface area contributed by atoms with E-state index in [2.05, 4.69) is 30.6 Å². The zero-order chi connectivity index (χ0) is 16.4. The van der Waals surface area contributed by atoms with Gasteiger partial charge in [0.25, 0.3) is 0 Å². The fourth-order valence-electron chi connectivity index (χ4n) is 3.10. The molecule has 0 aromatic carbocycles. The number of piperidine rings is 1. The molecule has 0 bridgehead atoms. The van der Waals surface area contributed by atoms with E-state index in [0.717, 1.165) is 42.0 Å². The van der Waals surface area contributed by atoms with Crippen LogP contribution < -0.4 is 10.6 Å². The standard InChI is InChI=1S/C17H19ClN6/c18-12-6-13-14(10-23-16(13)22-9-12)17-20-5-3-15(24-17)21-8-11-2-1-4-19-7-11/h3,5-6,9-11,19H,1-2,4,7-8H2,(H,22,23)(H,20,21,24)/t11-/m1/s1. The molecular weight excluding hydrogens is 324 g/mol. The molecule has 6 nitrogen and oxygen atoms in total. The molecule has 24 heavy (non-hydrogen) atoms. The van der Waals surface area contributed by atoms with E-state index in [1.807, 2.05) is 18.3 Å². The Morgan fingerprint density at radius 2 is 2.29 bits per heavy atom. The van der Waals surface area contributed by atoms with Gasteiger partial charge >= 0.3 is 0 Å². The quantitative estimate of drug-likeness (QED) is 0.679. The van der Waals surface area contributed by atoms with E-state index < -0.39 is 0 Å². The van der Waals surface area contributed by atoms with E-state index >= 15 is 0 Å². The van der Waals surface area contributed by atoms with Crippen molar-refractivity contribution in [3.63, 3.8) is 0 Å². The third kappa shape index (κ3) is 3.20. The number of anilines is 1. The summed E-state index contributed by atoms with van der Waals surface area (Å²) in [6.45, 7) is 3.12. The Kier molecular flexibility index (Phi) is 4.32. The molecule has 3 N–H and O–H groups in total. The number of aromatic nitrogens is 4. The zero-order valence-electron chi connectivity index (χ0n) is 13.2. The van der Waals surface area contributed by atoms with Gasteiger partial charge in [-0.2, -0.15) is 0 Å². The maximum atomic E-state index is 6.07. The summed E-state index contributed by atoms with van der Waals surface area (Å²) in [5, 5.41) is 8.39. The summed E-state index contributed by atoms with van der Waals surface area (Å²) in [5.41, 5.74) is 1.69. The Morgan fingerprint density at radius 1 is 1.33 bits per heavy atom. The van der Waals surface area contributed by atoms with Gasteiger partial charge in [0.05, 0.1) is 5.02 Å². The summed E-state index contributed by atoms with van der Waals surface area (Å²) in [7, 11) is 0. The first-order valence-corrected chi connectivity index (χ1v) is 8.58. The van der Waals surface area contributed by atoms with Crippen molar-refractivity contribution in [2.24, 2.45) is 5.92 Å². The summed E-state index contributed by atoms with van der Waals surface area (Å²) >= 11 is 6.07. The molecule has 124 valence electrons. The second-order valence-electron chi connectivity index (χ2n) is 6.11. The van der Waals surface area contributed by atoms with Crippen LogP contribution in [0.25, 0.3) is 22.4 Å². The van der Waals surface area contributed by atoms with Crippen LogP contribution >= 0.6 is 11.6 Å². The Morgan fingerprint density at radius 3 is 3.17 bits per heavy atom. The van der Waals surface area contributed by atoms with E-state index in [0.29, 0.717) is 16.8 Å². The van der Waals surface area contributed by atoms with Gasteiger partial charge < -0.3 is 15.6 Å². The summed E-state index contributed by atoms with van der Waals surface area (Å²) < 4.78 is 0. The molecule has 0 unspecified atom stereocenters. The number of aromatic amines is 1. The van der Waals surface area contributed by atoms with Crippen molar-refractivity contribution in [1.82, 2.24) is 25.3 Å². The molecule has 1 atom stereocenters. The fourth-order valence-corrected chi connectivity index (χ4v) is 3.25. The first-order chi connectivity index (χ1) is 11.8. The van der Waals surface area contributed by atoms with E-state index in [-0.39, 0.29) is 0 Å². The van der Waals surface area contributed by atoms with E-state index in [9.17, 15) is 0 Å². The number of hydrogen-bond donors (Lipinski definition) is 3. The van der Waals surface area contributed by atoms with Crippen LogP contribution in [0.4, 0.5) is 5.82 Å². The topological polar surface area (TPSA) is 78.5 Å². The monoisotopic (exact) mass is 342 g/mol. The minimum Gasteiger partial charge on any atom is -0.370 e. The number of nitrogens with zero attached hydrogens (tertiary/aromatic N) is 3. The van der Waals surface area contributed by atoms with Gasteiger partial charge in [0.1, 0.15) is 11.5 Å². The van der Waals surface area contributed by atoms with Crippen molar-refractivity contribution in [2.45, 2.75) is 12.8 Å². The normalized spacial score (nSPS) is 18.0. The van der Waals surface area contributed by atoms with Gasteiger partial charge in [-0.1, -0.05) is 11.6 Å². The molecule has 1 fully saturated rings. The molecule has 4 rings (SSSR count). The number of nitrogens with one attached hydrogen (secondary N) is 3. The van der Waals surface area contributed by atoms with Crippen LogP contribution in [-0.2, 0) is 0 Å². The smallest absolute Gasteiger partial charge is 0.163 e. The lowest BCUT2D eigenvalue weighted by atomic mass is 10.00. The minimum absolute atomic E-state index is 0.599. The fraction of sp³-hybridized carbons (Fsp3) is 0.353. The molecule has 3 aromatic rings. The molecule has 0 amide bonds. The number of halogens is 1. The highest BCUT2D eigenvalue weighted by Gasteiger charge is 2.14. The molecule has 0 saturated carbocycles. The maximum absolute atomic E-state index is 6.07. The summed E-state index contributed by atoms with van der Waals surface area (Å²) in [5.74, 6) is 2.15. The van der Waals surface area contributed by atoms with Crippen molar-refractivity contribution in [1.29, 1.82) is 0 Å². The molecule has 0 spiro atoms. The van der Waals surface area contributed by atoms with Crippen molar-refractivity contribution in [2.75, 3.05) is 25.0 Å². The lowest BCUT2D eigenvalue weighted by Crippen LogP contribution is -2.33. The van der Waals surface area contributed by atoms with Gasteiger partial charge in [-0.3, -0.25) is 0 Å². The summed E-state index contributed by atoms with van der Waals surface area (Å²) in [4.78, 5) is 16.5. The molecule has 1 aliphatic heterocycles. The van der Waals surface area contributed by atoms with Gasteiger partial charge in [0.2, 0.25) is 0 Å². The number of H-pyrrole nitrogens is 1. The van der Waals surface area contributed by atoms with Crippen molar-refractivity contribution >= 4 is 28.5 Å². The van der Waals surface area contributed by atoms with E-state index in [4.69, 9.17) is 11.6 Å². The second kappa shape index (κ2) is 6.75. The highest BCUT2D eigenvalue weighted by atomic mass is 35.5. The third-order valence-corrected chi connectivity index (χ3v) is 4.57. The lowest BCUT2D eigenvalue weighted by molar-refractivity contribution is 0.392. The van der Waals surface area contributed by atoms with Crippen LogP contribution in [0.1, 0.15) is 12.8 Å². The summed E-state index contributed by atoms with van der Waals surface area (Å²) in [6.07, 6.45) is 7.77. The van der Waals surface area contributed by atoms with Crippen molar-refractivity contribution in [3.05, 3.63) is 35.7 Å². The Labute approximate surface area is 145 Å². The Bertz CT molecular complexity index is 840. The van der Waals surface area contributed by atoms with E-state index in [1.165, 1.54) is 12.8 Å². The number of hydrogen-bond acceptors (Lipinski definition) is 5. The maximum Gasteiger partial charge on any atom is 0.163 e. The molecule has 0 radical (unpaired) electrons. The van der Waals surface area contributed by atoms with Crippen LogP contribution in [0.15, 0.2) is 30.7 Å². The molecule has 7 heteroatoms. The molecular formula is C17H19ClN6. The molecule has 1 saturated heterocycles. The second-order valence-corrected chi connectivity index (χ2v) is 6.55. The lowest BCUT2D eigenvalue weighted by Gasteiger charge is -2.23. The molecule has 0 aliphatic carbocycles. The average Bonchev–Trinajstić information content (AvgIpc) is 3.04. The first-order valence-electron chi connectivity index (χ1n) is 8.20. The highest BCUT2D eigenvalue weighted by molar-refractivity contribution is 6.31. The summed E-state index contributed by atoms with van der Waals surface area (Å²) in [6, 6.07) is 3.78. The first kappa shape index (κ1) is 15.4. The van der Waals surface area contributed by atoms with Crippen LogP contribution in [0.2, 0.25) is 5.02 Å². The number of pyridine rings is 1. The Balaban J connectivity index is 1.56. The molecule has 4 heterocycles. The van der Waals surface area contributed by atoms with E-state index in [1.54, 1.807) is 12.4 Å². The van der Waals surface area contributed by atoms with Gasteiger partial charge in [-0.05, 0) is 44.0 Å². The third-order valence-electron chi connectivity index (χ3n) is 4.36. The zero-order valence-corrected chi connectivity index (χ0v) is 14.0. The van der Waals surface area contributed by atoms with Crippen LogP contribution in [0, 0.1) is 5.92 Å². The van der Waals surface area contributed by atoms with Gasteiger partial charge in [-0.15, -0.1) is 0 Å². The van der Waals surface area contributed by atoms with Crippen molar-refractivity contribution < 1.29 is 0 Å². The number of rotatable bonds is 4. The van der Waals surface area contributed by atoms with Crippen LogP contribution in [0.5, 0.6) is 0 Å². The van der Waals surface area contributed by atoms with Crippen LogP contribution in [-0.4, -0.2) is 39.6 Å².